The number of nitrogens with zero attached hydrogens (tertiary/aromatic N) is 1. The molecule has 138 valence electrons. The van der Waals surface area contributed by atoms with Crippen LogP contribution in [0, 0.1) is 10.1 Å². The SMILES string of the molecule is O=C(O)CO[C@H]1[C@@H](O)[C@@H](CO)O[C@@H](Oc2ccc([N+](=O)[O-])cc2)[C@@H]1O. The van der Waals surface area contributed by atoms with E-state index in [0.29, 0.717) is 0 Å². The van der Waals surface area contributed by atoms with E-state index in [2.05, 4.69) is 0 Å². The van der Waals surface area contributed by atoms with E-state index in [4.69, 9.17) is 19.3 Å². The van der Waals surface area contributed by atoms with E-state index >= 15 is 0 Å². The van der Waals surface area contributed by atoms with Gasteiger partial charge in [0.05, 0.1) is 11.5 Å². The third-order valence-corrected chi connectivity index (χ3v) is 3.52. The van der Waals surface area contributed by atoms with Crippen LogP contribution in [0.3, 0.4) is 0 Å². The van der Waals surface area contributed by atoms with Gasteiger partial charge in [0.2, 0.25) is 6.29 Å². The maximum atomic E-state index is 10.6. The molecule has 1 heterocycles. The first-order valence-electron chi connectivity index (χ1n) is 7.20. The van der Waals surface area contributed by atoms with E-state index in [1.165, 1.54) is 24.3 Å². The summed E-state index contributed by atoms with van der Waals surface area (Å²) in [6.07, 6.45) is -6.97. The lowest BCUT2D eigenvalue weighted by Crippen LogP contribution is -2.61. The summed E-state index contributed by atoms with van der Waals surface area (Å²) in [5.74, 6) is -1.18. The number of ether oxygens (including phenoxy) is 3. The van der Waals surface area contributed by atoms with Crippen molar-refractivity contribution in [2.24, 2.45) is 0 Å². The number of aliphatic hydroxyl groups is 3. The zero-order valence-corrected chi connectivity index (χ0v) is 12.8. The van der Waals surface area contributed by atoms with Crippen LogP contribution in [0.5, 0.6) is 5.75 Å². The smallest absolute Gasteiger partial charge is 0.329 e. The molecule has 1 saturated heterocycles. The first-order chi connectivity index (χ1) is 11.8. The van der Waals surface area contributed by atoms with Gasteiger partial charge in [0.25, 0.3) is 5.69 Å². The maximum absolute atomic E-state index is 10.6. The van der Waals surface area contributed by atoms with E-state index in [1.54, 1.807) is 0 Å². The first-order valence-corrected chi connectivity index (χ1v) is 7.20. The van der Waals surface area contributed by atoms with E-state index in [1.807, 2.05) is 0 Å². The van der Waals surface area contributed by atoms with Gasteiger partial charge in [-0.1, -0.05) is 0 Å². The van der Waals surface area contributed by atoms with E-state index < -0.39 is 54.8 Å². The molecule has 0 bridgehead atoms. The fourth-order valence-electron chi connectivity index (χ4n) is 2.30. The molecule has 1 fully saturated rings. The predicted octanol–water partition coefficient (Wildman–Crippen LogP) is -1.12. The summed E-state index contributed by atoms with van der Waals surface area (Å²) in [4.78, 5) is 20.6. The van der Waals surface area contributed by atoms with Crippen LogP contribution in [-0.4, -0.2) is 75.2 Å². The quantitative estimate of drug-likeness (QED) is 0.345. The highest BCUT2D eigenvalue weighted by Crippen LogP contribution is 2.27. The molecule has 5 atom stereocenters. The van der Waals surface area contributed by atoms with Gasteiger partial charge in [-0.05, 0) is 12.1 Å². The number of rotatable bonds is 7. The van der Waals surface area contributed by atoms with Gasteiger partial charge in [-0.2, -0.15) is 0 Å². The molecule has 4 N–H and O–H groups in total. The Hall–Kier alpha value is -2.31. The molecule has 0 amide bonds. The highest BCUT2D eigenvalue weighted by atomic mass is 16.7. The number of aliphatic hydroxyl groups excluding tert-OH is 3. The Balaban J connectivity index is 2.12. The summed E-state index contributed by atoms with van der Waals surface area (Å²) >= 11 is 0. The molecular formula is C14H17NO10. The lowest BCUT2D eigenvalue weighted by molar-refractivity contribution is -0.384. The zero-order chi connectivity index (χ0) is 18.6. The van der Waals surface area contributed by atoms with Crippen LogP contribution in [0.1, 0.15) is 0 Å². The Bertz CT molecular complexity index is 606. The van der Waals surface area contributed by atoms with Gasteiger partial charge in [0.1, 0.15) is 36.8 Å². The molecule has 0 aliphatic carbocycles. The van der Waals surface area contributed by atoms with Crippen molar-refractivity contribution in [2.75, 3.05) is 13.2 Å². The van der Waals surface area contributed by atoms with Crippen LogP contribution in [-0.2, 0) is 14.3 Å². The van der Waals surface area contributed by atoms with Crippen LogP contribution in [0.4, 0.5) is 5.69 Å². The first kappa shape index (κ1) is 19.0. The van der Waals surface area contributed by atoms with Crippen LogP contribution in [0.2, 0.25) is 0 Å². The number of hydrogen-bond acceptors (Lipinski definition) is 9. The van der Waals surface area contributed by atoms with Crippen molar-refractivity contribution >= 4 is 11.7 Å². The summed E-state index contributed by atoms with van der Waals surface area (Å²) in [6.45, 7) is -1.40. The third-order valence-electron chi connectivity index (χ3n) is 3.52. The Morgan fingerprint density at radius 1 is 1.24 bits per heavy atom. The summed E-state index contributed by atoms with van der Waals surface area (Å²) in [6, 6.07) is 4.92. The van der Waals surface area contributed by atoms with Crippen LogP contribution < -0.4 is 4.74 Å². The molecule has 0 unspecified atom stereocenters. The molecule has 1 aromatic rings. The van der Waals surface area contributed by atoms with Crippen molar-refractivity contribution in [1.29, 1.82) is 0 Å². The van der Waals surface area contributed by atoms with Crippen molar-refractivity contribution in [1.82, 2.24) is 0 Å². The number of benzene rings is 1. The number of hydrogen-bond donors (Lipinski definition) is 4. The minimum absolute atomic E-state index is 0.125. The van der Waals surface area contributed by atoms with Crippen molar-refractivity contribution < 1.29 is 44.4 Å². The second-order valence-corrected chi connectivity index (χ2v) is 5.24. The zero-order valence-electron chi connectivity index (χ0n) is 12.8. The number of aliphatic carboxylic acids is 1. The predicted molar refractivity (Wildman–Crippen MR) is 78.9 cm³/mol. The van der Waals surface area contributed by atoms with Gasteiger partial charge in [0.15, 0.2) is 0 Å². The molecule has 25 heavy (non-hydrogen) atoms. The second-order valence-electron chi connectivity index (χ2n) is 5.24. The van der Waals surface area contributed by atoms with Crippen LogP contribution in [0.15, 0.2) is 24.3 Å². The summed E-state index contributed by atoms with van der Waals surface area (Å²) < 4.78 is 15.6. The standard InChI is InChI=1S/C14H17NO10/c16-5-9-11(19)13(23-6-10(17)18)12(20)14(25-9)24-8-3-1-7(2-4-8)15(21)22/h1-4,9,11-14,16,19-20H,5-6H2,(H,17,18)/t9-,11+,12-,13+,14-/m1/s1. The molecule has 1 aliphatic rings. The van der Waals surface area contributed by atoms with Gasteiger partial charge >= 0.3 is 5.97 Å². The van der Waals surface area contributed by atoms with Gasteiger partial charge in [-0.3, -0.25) is 10.1 Å². The summed E-state index contributed by atoms with van der Waals surface area (Å²) in [7, 11) is 0. The highest BCUT2D eigenvalue weighted by molar-refractivity contribution is 5.68. The average molecular weight is 359 g/mol. The van der Waals surface area contributed by atoms with Crippen LogP contribution >= 0.6 is 0 Å². The minimum atomic E-state index is -1.56. The summed E-state index contributed by atoms with van der Waals surface area (Å²) in [5, 5.41) is 48.7. The van der Waals surface area contributed by atoms with Gasteiger partial charge in [-0.25, -0.2) is 4.79 Å². The molecule has 2 rings (SSSR count). The molecule has 1 aliphatic heterocycles. The minimum Gasteiger partial charge on any atom is -0.480 e. The number of nitro benzene ring substituents is 1. The van der Waals surface area contributed by atoms with Gasteiger partial charge in [0, 0.05) is 12.1 Å². The van der Waals surface area contributed by atoms with Crippen molar-refractivity contribution in [3.63, 3.8) is 0 Å². The second kappa shape index (κ2) is 8.18. The lowest BCUT2D eigenvalue weighted by Gasteiger charge is -2.41. The Morgan fingerprint density at radius 3 is 2.40 bits per heavy atom. The fraction of sp³-hybridized carbons (Fsp3) is 0.500. The molecule has 1 aromatic carbocycles. The largest absolute Gasteiger partial charge is 0.480 e. The van der Waals surface area contributed by atoms with E-state index in [-0.39, 0.29) is 11.4 Å². The third kappa shape index (κ3) is 4.61. The Morgan fingerprint density at radius 2 is 1.88 bits per heavy atom. The molecule has 11 heteroatoms. The number of carboxylic acids is 1. The van der Waals surface area contributed by atoms with Crippen molar-refractivity contribution in [3.8, 4) is 5.75 Å². The number of carbonyl (C=O) groups is 1. The molecule has 0 radical (unpaired) electrons. The van der Waals surface area contributed by atoms with Crippen molar-refractivity contribution in [3.05, 3.63) is 34.4 Å². The normalized spacial score (nSPS) is 29.2. The number of carboxylic acid groups (broad SMARTS) is 1. The number of non-ortho nitro benzene ring substituents is 1. The van der Waals surface area contributed by atoms with Gasteiger partial charge < -0.3 is 34.6 Å². The Kier molecular flexibility index (Phi) is 6.22. The molecule has 11 nitrogen and oxygen atoms in total. The molecule has 0 saturated carbocycles. The van der Waals surface area contributed by atoms with Crippen molar-refractivity contribution in [2.45, 2.75) is 30.7 Å². The highest BCUT2D eigenvalue weighted by Gasteiger charge is 2.46. The molecular weight excluding hydrogens is 342 g/mol. The molecule has 0 aromatic heterocycles. The van der Waals surface area contributed by atoms with Gasteiger partial charge in [-0.15, -0.1) is 0 Å². The van der Waals surface area contributed by atoms with E-state index in [0.717, 1.165) is 0 Å². The number of nitro groups is 1. The lowest BCUT2D eigenvalue weighted by atomic mass is 9.99. The average Bonchev–Trinajstić information content (AvgIpc) is 2.57. The van der Waals surface area contributed by atoms with Crippen LogP contribution in [0.25, 0.3) is 0 Å². The Labute approximate surface area is 141 Å². The molecule has 0 spiro atoms. The van der Waals surface area contributed by atoms with E-state index in [9.17, 15) is 30.2 Å². The monoisotopic (exact) mass is 359 g/mol. The maximum Gasteiger partial charge on any atom is 0.329 e. The topological polar surface area (TPSA) is 169 Å². The summed E-state index contributed by atoms with van der Waals surface area (Å²) in [5.41, 5.74) is -0.163. The fourth-order valence-corrected chi connectivity index (χ4v) is 2.30.